The lowest BCUT2D eigenvalue weighted by molar-refractivity contribution is -0.0650. The molecule has 1 saturated carbocycles. The van der Waals surface area contributed by atoms with E-state index in [4.69, 9.17) is 4.84 Å². The number of hydroxylamine groups is 2. The Morgan fingerprint density at radius 3 is 2.53 bits per heavy atom. The highest BCUT2D eigenvalue weighted by molar-refractivity contribution is 5.94. The van der Waals surface area contributed by atoms with Gasteiger partial charge in [0.2, 0.25) is 0 Å². The number of carbonyl (C=O) groups is 1. The van der Waals surface area contributed by atoms with Gasteiger partial charge in [-0.25, -0.2) is 18.7 Å². The Morgan fingerprint density at radius 2 is 1.94 bits per heavy atom. The van der Waals surface area contributed by atoms with Crippen LogP contribution >= 0.6 is 0 Å². The first-order valence-corrected chi connectivity index (χ1v) is 10.3. The second kappa shape index (κ2) is 8.92. The van der Waals surface area contributed by atoms with E-state index in [1.54, 1.807) is 19.2 Å². The molecule has 0 spiro atoms. The predicted molar refractivity (Wildman–Crippen MR) is 112 cm³/mol. The summed E-state index contributed by atoms with van der Waals surface area (Å²) >= 11 is 0. The average Bonchev–Trinajstić information content (AvgIpc) is 3.59. The first kappa shape index (κ1) is 21.7. The van der Waals surface area contributed by atoms with Crippen molar-refractivity contribution in [2.24, 2.45) is 0 Å². The third kappa shape index (κ3) is 4.70. The van der Waals surface area contributed by atoms with Gasteiger partial charge in [0.05, 0.1) is 13.1 Å². The molecule has 1 aliphatic carbocycles. The second-order valence-corrected chi connectivity index (χ2v) is 7.91. The van der Waals surface area contributed by atoms with Crippen LogP contribution in [0.4, 0.5) is 20.4 Å². The first-order valence-electron chi connectivity index (χ1n) is 10.3. The number of nitriles is 1. The van der Waals surface area contributed by atoms with Crippen molar-refractivity contribution in [1.82, 2.24) is 19.9 Å². The van der Waals surface area contributed by atoms with Gasteiger partial charge in [-0.1, -0.05) is 0 Å². The van der Waals surface area contributed by atoms with Crippen LogP contribution < -0.4 is 15.1 Å². The molecule has 1 aliphatic heterocycles. The molecule has 2 heterocycles. The number of carbonyl (C=O) groups excluding carboxylic acids is 1. The van der Waals surface area contributed by atoms with Crippen molar-refractivity contribution in [2.75, 3.05) is 50.5 Å². The van der Waals surface area contributed by atoms with Gasteiger partial charge in [0.15, 0.2) is 34.6 Å². The lowest BCUT2D eigenvalue weighted by Crippen LogP contribution is -2.48. The van der Waals surface area contributed by atoms with Crippen LogP contribution in [0.2, 0.25) is 0 Å². The minimum absolute atomic E-state index is 0.0122. The van der Waals surface area contributed by atoms with Gasteiger partial charge < -0.3 is 20.0 Å². The highest BCUT2D eigenvalue weighted by Crippen LogP contribution is 2.31. The number of halogens is 2. The van der Waals surface area contributed by atoms with Crippen LogP contribution in [0.3, 0.4) is 0 Å². The molecule has 0 unspecified atom stereocenters. The van der Waals surface area contributed by atoms with Crippen LogP contribution in [0.25, 0.3) is 0 Å². The fourth-order valence-corrected chi connectivity index (χ4v) is 3.28. The van der Waals surface area contributed by atoms with E-state index in [0.29, 0.717) is 37.8 Å². The molecule has 2 fully saturated rings. The molecule has 0 radical (unpaired) electrons. The third-order valence-electron chi connectivity index (χ3n) is 5.17. The molecule has 168 valence electrons. The number of nitrogens with one attached hydrogen (secondary N) is 1. The maximum absolute atomic E-state index is 13.9. The molecular formula is C21H23F2N7O2. The van der Waals surface area contributed by atoms with Crippen molar-refractivity contribution in [3.05, 3.63) is 41.2 Å². The van der Waals surface area contributed by atoms with Crippen molar-refractivity contribution in [2.45, 2.75) is 18.9 Å². The Labute approximate surface area is 184 Å². The smallest absolute Gasteiger partial charge is 0.275 e. The normalized spacial score (nSPS) is 16.4. The zero-order valence-electron chi connectivity index (χ0n) is 17.8. The summed E-state index contributed by atoms with van der Waals surface area (Å²) in [4.78, 5) is 30.3. The van der Waals surface area contributed by atoms with Crippen LogP contribution in [-0.2, 0) is 0 Å². The van der Waals surface area contributed by atoms with Crippen LogP contribution in [0.5, 0.6) is 5.75 Å². The van der Waals surface area contributed by atoms with Crippen LogP contribution in [0, 0.1) is 23.0 Å². The van der Waals surface area contributed by atoms with Crippen molar-refractivity contribution >= 4 is 17.5 Å². The van der Waals surface area contributed by atoms with E-state index in [1.807, 2.05) is 11.0 Å². The first-order chi connectivity index (χ1) is 15.4. The minimum atomic E-state index is -0.769. The van der Waals surface area contributed by atoms with Gasteiger partial charge in [0, 0.05) is 39.3 Å². The number of nitrogens with zero attached hydrogens (tertiary/aromatic N) is 6. The Balaban J connectivity index is 1.53. The molecule has 11 heteroatoms. The van der Waals surface area contributed by atoms with E-state index >= 15 is 0 Å². The van der Waals surface area contributed by atoms with Crippen LogP contribution in [0.1, 0.15) is 29.0 Å². The summed E-state index contributed by atoms with van der Waals surface area (Å²) < 4.78 is 27.0. The van der Waals surface area contributed by atoms with Gasteiger partial charge in [-0.05, 0) is 25.0 Å². The van der Waals surface area contributed by atoms with Crippen molar-refractivity contribution in [1.29, 1.82) is 5.26 Å². The van der Waals surface area contributed by atoms with Crippen molar-refractivity contribution in [3.8, 4) is 11.8 Å². The van der Waals surface area contributed by atoms with Gasteiger partial charge in [-0.3, -0.25) is 4.79 Å². The number of rotatable bonds is 6. The van der Waals surface area contributed by atoms with Gasteiger partial charge in [-0.15, -0.1) is 5.06 Å². The largest absolute Gasteiger partial charge is 0.403 e. The number of piperazine rings is 1. The Morgan fingerprint density at radius 1 is 1.22 bits per heavy atom. The standard InChI is InChI=1S/C21H23F2N7O2/c1-28(2)21(31)18-16(12-24)26-20(19(27-18)25-14-4-5-14)29-7-9-30(10-8-29)32-17-6-3-13(22)11-15(17)23/h3,6,11,14H,4-5,7-10H2,1-2H3,(H,25,27). The molecular weight excluding hydrogens is 420 g/mol. The summed E-state index contributed by atoms with van der Waals surface area (Å²) in [5.41, 5.74) is -0.0229. The zero-order valence-corrected chi connectivity index (χ0v) is 17.8. The number of amides is 1. The maximum atomic E-state index is 13.9. The minimum Gasteiger partial charge on any atom is -0.403 e. The van der Waals surface area contributed by atoms with Crippen molar-refractivity contribution in [3.63, 3.8) is 0 Å². The molecule has 4 rings (SSSR count). The van der Waals surface area contributed by atoms with E-state index in [0.717, 1.165) is 25.0 Å². The van der Waals surface area contributed by atoms with E-state index in [-0.39, 0.29) is 29.1 Å². The maximum Gasteiger partial charge on any atom is 0.275 e. The molecule has 1 N–H and O–H groups in total. The number of hydrogen-bond donors (Lipinski definition) is 1. The summed E-state index contributed by atoms with van der Waals surface area (Å²) in [6.45, 7) is 1.79. The summed E-state index contributed by atoms with van der Waals surface area (Å²) in [7, 11) is 3.19. The van der Waals surface area contributed by atoms with E-state index in [9.17, 15) is 18.8 Å². The molecule has 1 saturated heterocycles. The summed E-state index contributed by atoms with van der Waals surface area (Å²) in [6, 6.07) is 5.41. The van der Waals surface area contributed by atoms with Gasteiger partial charge >= 0.3 is 0 Å². The fraction of sp³-hybridized carbons (Fsp3) is 0.429. The average molecular weight is 443 g/mol. The van der Waals surface area contributed by atoms with E-state index < -0.39 is 11.6 Å². The highest BCUT2D eigenvalue weighted by Gasteiger charge is 2.30. The lowest BCUT2D eigenvalue weighted by Gasteiger charge is -2.35. The number of aromatic nitrogens is 2. The predicted octanol–water partition coefficient (Wildman–Crippen LogP) is 2.02. The Bertz CT molecular complexity index is 1060. The number of hydrogen-bond acceptors (Lipinski definition) is 8. The number of anilines is 2. The molecule has 32 heavy (non-hydrogen) atoms. The van der Waals surface area contributed by atoms with E-state index in [1.165, 1.54) is 11.0 Å². The quantitative estimate of drug-likeness (QED) is 0.724. The Kier molecular flexibility index (Phi) is 6.05. The highest BCUT2D eigenvalue weighted by atomic mass is 19.1. The molecule has 1 aromatic heterocycles. The number of benzene rings is 1. The van der Waals surface area contributed by atoms with Crippen LogP contribution in [-0.4, -0.2) is 72.2 Å². The molecule has 0 atom stereocenters. The molecule has 1 aromatic carbocycles. The van der Waals surface area contributed by atoms with Gasteiger partial charge in [0.25, 0.3) is 5.91 Å². The molecule has 0 bridgehead atoms. The summed E-state index contributed by atoms with van der Waals surface area (Å²) in [6.07, 6.45) is 2.01. The lowest BCUT2D eigenvalue weighted by atomic mass is 10.2. The monoisotopic (exact) mass is 443 g/mol. The van der Waals surface area contributed by atoms with Crippen molar-refractivity contribution < 1.29 is 18.4 Å². The summed E-state index contributed by atoms with van der Waals surface area (Å²) in [5.74, 6) is -0.910. The topological polar surface area (TPSA) is 97.6 Å². The Hall–Kier alpha value is -3.52. The fourth-order valence-electron chi connectivity index (χ4n) is 3.28. The molecule has 1 amide bonds. The molecule has 2 aromatic rings. The van der Waals surface area contributed by atoms with E-state index in [2.05, 4.69) is 15.3 Å². The molecule has 2 aliphatic rings. The zero-order chi connectivity index (χ0) is 22.8. The van der Waals surface area contributed by atoms with Gasteiger partial charge in [0.1, 0.15) is 11.9 Å². The second-order valence-electron chi connectivity index (χ2n) is 7.91. The summed E-state index contributed by atoms with van der Waals surface area (Å²) in [5, 5.41) is 14.4. The SMILES string of the molecule is CN(C)C(=O)c1nc(NC2CC2)c(N2CCN(Oc3ccc(F)cc3F)CC2)nc1C#N. The molecule has 9 nitrogen and oxygen atoms in total. The third-order valence-corrected chi connectivity index (χ3v) is 5.17. The van der Waals surface area contributed by atoms with Gasteiger partial charge in [-0.2, -0.15) is 5.26 Å². The van der Waals surface area contributed by atoms with Crippen LogP contribution in [0.15, 0.2) is 18.2 Å².